The predicted molar refractivity (Wildman–Crippen MR) is 106 cm³/mol. The van der Waals surface area contributed by atoms with Gasteiger partial charge in [-0.25, -0.2) is 10.4 Å². The van der Waals surface area contributed by atoms with E-state index in [-0.39, 0.29) is 5.96 Å². The van der Waals surface area contributed by atoms with Gasteiger partial charge in [0, 0.05) is 5.56 Å². The summed E-state index contributed by atoms with van der Waals surface area (Å²) in [6, 6.07) is 8.68. The number of nitrogens with zero attached hydrogens (tertiary/aromatic N) is 2. The van der Waals surface area contributed by atoms with Gasteiger partial charge in [-0.2, -0.15) is 5.10 Å². The Bertz CT molecular complexity index is 830. The third-order valence-corrected chi connectivity index (χ3v) is 5.58. The van der Waals surface area contributed by atoms with Crippen LogP contribution in [0.4, 0.5) is 0 Å². The molecular formula is C19H23N5S. The van der Waals surface area contributed by atoms with E-state index in [1.165, 1.54) is 36.8 Å². The summed E-state index contributed by atoms with van der Waals surface area (Å²) in [6.45, 7) is 3.86. The van der Waals surface area contributed by atoms with Crippen molar-refractivity contribution in [1.29, 1.82) is 5.41 Å². The molecule has 1 aromatic carbocycles. The van der Waals surface area contributed by atoms with Crippen molar-refractivity contribution in [3.05, 3.63) is 46.5 Å². The highest BCUT2D eigenvalue weighted by Gasteiger charge is 2.13. The molecule has 0 amide bonds. The zero-order valence-corrected chi connectivity index (χ0v) is 15.4. The van der Waals surface area contributed by atoms with Gasteiger partial charge in [-0.05, 0) is 50.7 Å². The molecule has 130 valence electrons. The summed E-state index contributed by atoms with van der Waals surface area (Å²) >= 11 is 1.61. The van der Waals surface area contributed by atoms with Gasteiger partial charge in [-0.3, -0.25) is 5.41 Å². The Morgan fingerprint density at radius 2 is 1.96 bits per heavy atom. The molecule has 1 aliphatic carbocycles. The van der Waals surface area contributed by atoms with Crippen LogP contribution in [0.5, 0.6) is 0 Å². The molecule has 3 rings (SSSR count). The molecule has 0 saturated carbocycles. The molecule has 0 saturated heterocycles. The van der Waals surface area contributed by atoms with Crippen LogP contribution in [-0.2, 0) is 0 Å². The second-order valence-corrected chi connectivity index (χ2v) is 7.21. The van der Waals surface area contributed by atoms with Gasteiger partial charge in [-0.15, -0.1) is 11.3 Å². The minimum Gasteiger partial charge on any atom is -0.369 e. The topological polar surface area (TPSA) is 87.2 Å². The number of thiazole rings is 1. The van der Waals surface area contributed by atoms with Crippen LogP contribution in [0.25, 0.3) is 16.1 Å². The van der Waals surface area contributed by atoms with Crippen LogP contribution in [0, 0.1) is 12.3 Å². The van der Waals surface area contributed by atoms with Crippen LogP contribution < -0.4 is 11.2 Å². The molecule has 25 heavy (non-hydrogen) atoms. The molecule has 0 aliphatic heterocycles. The Kier molecular flexibility index (Phi) is 5.28. The van der Waals surface area contributed by atoms with E-state index in [9.17, 15) is 0 Å². The van der Waals surface area contributed by atoms with E-state index in [2.05, 4.69) is 45.9 Å². The number of benzene rings is 1. The van der Waals surface area contributed by atoms with Gasteiger partial charge in [0.05, 0.1) is 16.3 Å². The third kappa shape index (κ3) is 4.14. The lowest BCUT2D eigenvalue weighted by Gasteiger charge is -2.12. The number of rotatable bonds is 4. The quantitative estimate of drug-likeness (QED) is 0.435. The number of hydrogen-bond acceptors (Lipinski definition) is 4. The van der Waals surface area contributed by atoms with Crippen LogP contribution in [0.3, 0.4) is 0 Å². The maximum atomic E-state index is 7.19. The molecule has 4 N–H and O–H groups in total. The number of guanidine groups is 1. The third-order valence-electron chi connectivity index (χ3n) is 4.26. The molecule has 5 nitrogen and oxygen atoms in total. The van der Waals surface area contributed by atoms with Gasteiger partial charge in [0.25, 0.3) is 0 Å². The first-order valence-corrected chi connectivity index (χ1v) is 9.28. The summed E-state index contributed by atoms with van der Waals surface area (Å²) in [5.74, 6) is -0.172. The monoisotopic (exact) mass is 353 g/mol. The minimum atomic E-state index is -0.172. The largest absolute Gasteiger partial charge is 0.369 e. The Labute approximate surface area is 152 Å². The standard InChI is InChI=1S/C19H23N5S/c1-12-17(13(2)23-24-19(20)21)25-18(22-12)16-10-8-15(9-11-16)14-6-4-3-5-7-14/h6,8-11H,3-5,7H2,1-2H3,(H4,20,21,24). The average Bonchev–Trinajstić information content (AvgIpc) is 3.02. The fourth-order valence-electron chi connectivity index (χ4n) is 2.98. The molecule has 6 heteroatoms. The summed E-state index contributed by atoms with van der Waals surface area (Å²) in [7, 11) is 0. The van der Waals surface area contributed by atoms with E-state index < -0.39 is 0 Å². The lowest BCUT2D eigenvalue weighted by atomic mass is 9.93. The summed E-state index contributed by atoms with van der Waals surface area (Å²) < 4.78 is 0. The SMILES string of the molecule is CC(=NNC(=N)N)c1sc(-c2ccc(C3=CCCCC3)cc2)nc1C. The lowest BCUT2D eigenvalue weighted by molar-refractivity contribution is 0.742. The minimum absolute atomic E-state index is 0.172. The molecule has 1 heterocycles. The average molecular weight is 353 g/mol. The first-order valence-electron chi connectivity index (χ1n) is 8.46. The van der Waals surface area contributed by atoms with Crippen molar-refractivity contribution in [2.75, 3.05) is 0 Å². The zero-order chi connectivity index (χ0) is 17.8. The van der Waals surface area contributed by atoms with E-state index in [4.69, 9.17) is 11.1 Å². The zero-order valence-electron chi connectivity index (χ0n) is 14.6. The summed E-state index contributed by atoms with van der Waals surface area (Å²) in [4.78, 5) is 5.68. The van der Waals surface area contributed by atoms with Crippen LogP contribution >= 0.6 is 11.3 Å². The van der Waals surface area contributed by atoms with Gasteiger partial charge < -0.3 is 5.73 Å². The smallest absolute Gasteiger partial charge is 0.206 e. The maximum absolute atomic E-state index is 7.19. The molecule has 0 unspecified atom stereocenters. The number of allylic oxidation sites excluding steroid dienone is 2. The van der Waals surface area contributed by atoms with Crippen molar-refractivity contribution in [3.63, 3.8) is 0 Å². The number of hydrazone groups is 1. The summed E-state index contributed by atoms with van der Waals surface area (Å²) in [5, 5.41) is 12.3. The molecule has 0 bridgehead atoms. The Morgan fingerprint density at radius 1 is 1.24 bits per heavy atom. The first kappa shape index (κ1) is 17.4. The summed E-state index contributed by atoms with van der Waals surface area (Å²) in [5.41, 5.74) is 13.4. The van der Waals surface area contributed by atoms with Crippen molar-refractivity contribution in [1.82, 2.24) is 10.4 Å². The fraction of sp³-hybridized carbons (Fsp3) is 0.316. The molecule has 0 radical (unpaired) electrons. The molecule has 0 atom stereocenters. The second-order valence-electron chi connectivity index (χ2n) is 6.21. The maximum Gasteiger partial charge on any atom is 0.206 e. The van der Waals surface area contributed by atoms with E-state index in [1.807, 2.05) is 13.8 Å². The second kappa shape index (κ2) is 7.61. The molecule has 1 aliphatic rings. The molecule has 0 fully saturated rings. The van der Waals surface area contributed by atoms with Crippen molar-refractivity contribution >= 4 is 28.6 Å². The van der Waals surface area contributed by atoms with Gasteiger partial charge in [0.2, 0.25) is 5.96 Å². The summed E-state index contributed by atoms with van der Waals surface area (Å²) in [6.07, 6.45) is 7.33. The first-order chi connectivity index (χ1) is 12.0. The predicted octanol–water partition coefficient (Wildman–Crippen LogP) is 4.28. The molecule has 0 spiro atoms. The normalized spacial score (nSPS) is 15.0. The van der Waals surface area contributed by atoms with Crippen molar-refractivity contribution in [2.45, 2.75) is 39.5 Å². The van der Waals surface area contributed by atoms with Crippen molar-refractivity contribution in [3.8, 4) is 10.6 Å². The van der Waals surface area contributed by atoms with E-state index in [0.29, 0.717) is 0 Å². The number of nitrogens with one attached hydrogen (secondary N) is 2. The van der Waals surface area contributed by atoms with Gasteiger partial charge in [0.15, 0.2) is 0 Å². The van der Waals surface area contributed by atoms with Crippen molar-refractivity contribution in [2.24, 2.45) is 10.8 Å². The van der Waals surface area contributed by atoms with E-state index in [0.717, 1.165) is 26.9 Å². The van der Waals surface area contributed by atoms with Gasteiger partial charge >= 0.3 is 0 Å². The lowest BCUT2D eigenvalue weighted by Crippen LogP contribution is -2.26. The van der Waals surface area contributed by atoms with Gasteiger partial charge in [-0.1, -0.05) is 30.3 Å². The van der Waals surface area contributed by atoms with Crippen LogP contribution in [-0.4, -0.2) is 16.7 Å². The van der Waals surface area contributed by atoms with Crippen LogP contribution in [0.15, 0.2) is 35.4 Å². The van der Waals surface area contributed by atoms with Gasteiger partial charge in [0.1, 0.15) is 5.01 Å². The highest BCUT2D eigenvalue weighted by Crippen LogP contribution is 2.31. The molecular weight excluding hydrogens is 330 g/mol. The van der Waals surface area contributed by atoms with E-state index >= 15 is 0 Å². The Hall–Kier alpha value is -2.47. The Morgan fingerprint density at radius 3 is 2.60 bits per heavy atom. The fourth-order valence-corrected chi connectivity index (χ4v) is 3.99. The van der Waals surface area contributed by atoms with Crippen LogP contribution in [0.2, 0.25) is 0 Å². The number of hydrogen-bond donors (Lipinski definition) is 3. The number of nitrogens with two attached hydrogens (primary N) is 1. The number of aryl methyl sites for hydroxylation is 1. The number of aromatic nitrogens is 1. The van der Waals surface area contributed by atoms with Crippen LogP contribution in [0.1, 0.15) is 48.7 Å². The Balaban J connectivity index is 1.83. The van der Waals surface area contributed by atoms with E-state index in [1.54, 1.807) is 11.3 Å². The molecule has 2 aromatic rings. The van der Waals surface area contributed by atoms with Crippen molar-refractivity contribution < 1.29 is 0 Å². The highest BCUT2D eigenvalue weighted by atomic mass is 32.1. The highest BCUT2D eigenvalue weighted by molar-refractivity contribution is 7.17. The molecule has 1 aromatic heterocycles.